The molecule has 0 atom stereocenters. The fraction of sp³-hybridized carbons (Fsp3) is 0.263. The van der Waals surface area contributed by atoms with Gasteiger partial charge in [0.15, 0.2) is 0 Å². The average molecular weight is 377 g/mol. The van der Waals surface area contributed by atoms with Gasteiger partial charge in [0.25, 0.3) is 5.91 Å². The Balaban J connectivity index is 2.40. The molecule has 138 valence electrons. The van der Waals surface area contributed by atoms with Crippen LogP contribution in [0.1, 0.15) is 24.2 Å². The van der Waals surface area contributed by atoms with Crippen LogP contribution >= 0.6 is 11.6 Å². The Hall–Kier alpha value is -2.73. The summed E-state index contributed by atoms with van der Waals surface area (Å²) in [6, 6.07) is 12.2. The van der Waals surface area contributed by atoms with Crippen molar-refractivity contribution >= 4 is 34.8 Å². The lowest BCUT2D eigenvalue weighted by atomic mass is 10.1. The summed E-state index contributed by atoms with van der Waals surface area (Å²) >= 11 is 5.56. The van der Waals surface area contributed by atoms with Crippen LogP contribution in [0, 0.1) is 0 Å². The number of nitrogens with one attached hydrogen (secondary N) is 2. The number of carbonyl (C=O) groups is 2. The van der Waals surface area contributed by atoms with Gasteiger partial charge in [-0.05, 0) is 32.0 Å². The lowest BCUT2D eigenvalue weighted by molar-refractivity contribution is -0.113. The molecule has 0 heterocycles. The summed E-state index contributed by atoms with van der Waals surface area (Å²) in [6.45, 7) is 4.36. The van der Waals surface area contributed by atoms with E-state index in [0.717, 1.165) is 0 Å². The van der Waals surface area contributed by atoms with E-state index in [2.05, 4.69) is 10.6 Å². The molecule has 7 heteroatoms. The van der Waals surface area contributed by atoms with Crippen LogP contribution in [0.4, 0.5) is 11.4 Å². The molecule has 0 spiro atoms. The van der Waals surface area contributed by atoms with E-state index < -0.39 is 0 Å². The van der Waals surface area contributed by atoms with E-state index in [0.29, 0.717) is 41.7 Å². The molecule has 0 aliphatic carbocycles. The molecule has 2 aromatic carbocycles. The molecule has 0 unspecified atom stereocenters. The highest BCUT2D eigenvalue weighted by atomic mass is 35.5. The fourth-order valence-corrected chi connectivity index (χ4v) is 2.36. The number of alkyl halides is 1. The monoisotopic (exact) mass is 376 g/mol. The van der Waals surface area contributed by atoms with Crippen LogP contribution in [0.3, 0.4) is 0 Å². The quantitative estimate of drug-likeness (QED) is 0.685. The third-order valence-corrected chi connectivity index (χ3v) is 3.60. The van der Waals surface area contributed by atoms with Gasteiger partial charge >= 0.3 is 0 Å². The molecule has 26 heavy (non-hydrogen) atoms. The largest absolute Gasteiger partial charge is 0.493 e. The number of rotatable bonds is 8. The van der Waals surface area contributed by atoms with Crippen molar-refractivity contribution in [1.82, 2.24) is 0 Å². The minimum absolute atomic E-state index is 0.189. The molecule has 0 fully saturated rings. The number of hydrogen-bond acceptors (Lipinski definition) is 4. The van der Waals surface area contributed by atoms with E-state index >= 15 is 0 Å². The van der Waals surface area contributed by atoms with Crippen molar-refractivity contribution in [2.45, 2.75) is 13.8 Å². The first-order chi connectivity index (χ1) is 12.6. The number of hydrogen-bond donors (Lipinski definition) is 2. The predicted molar refractivity (Wildman–Crippen MR) is 103 cm³/mol. The zero-order valence-corrected chi connectivity index (χ0v) is 15.4. The second-order valence-electron chi connectivity index (χ2n) is 5.21. The smallest absolute Gasteiger partial charge is 0.259 e. The van der Waals surface area contributed by atoms with E-state index in [9.17, 15) is 9.59 Å². The van der Waals surface area contributed by atoms with Crippen LogP contribution in [-0.2, 0) is 4.79 Å². The van der Waals surface area contributed by atoms with Gasteiger partial charge < -0.3 is 20.1 Å². The molecular formula is C19H21ClN2O4. The Morgan fingerprint density at radius 3 is 2.23 bits per heavy atom. The van der Waals surface area contributed by atoms with E-state index in [4.69, 9.17) is 21.1 Å². The molecule has 0 saturated carbocycles. The summed E-state index contributed by atoms with van der Waals surface area (Å²) in [6.07, 6.45) is 0. The summed E-state index contributed by atoms with van der Waals surface area (Å²) in [5.41, 5.74) is 1.37. The van der Waals surface area contributed by atoms with Crippen molar-refractivity contribution in [2.24, 2.45) is 0 Å². The minimum atomic E-state index is -0.378. The first-order valence-electron chi connectivity index (χ1n) is 8.24. The summed E-state index contributed by atoms with van der Waals surface area (Å²) < 4.78 is 11.1. The van der Waals surface area contributed by atoms with Crippen molar-refractivity contribution in [3.8, 4) is 11.5 Å². The zero-order valence-electron chi connectivity index (χ0n) is 14.7. The lowest BCUT2D eigenvalue weighted by Crippen LogP contribution is -2.17. The van der Waals surface area contributed by atoms with Crippen LogP contribution < -0.4 is 20.1 Å². The Morgan fingerprint density at radius 2 is 1.62 bits per heavy atom. The molecule has 0 saturated heterocycles. The summed E-state index contributed by atoms with van der Waals surface area (Å²) in [5.74, 6) is -0.194. The Morgan fingerprint density at radius 1 is 0.962 bits per heavy atom. The number of ether oxygens (including phenoxy) is 2. The lowest BCUT2D eigenvalue weighted by Gasteiger charge is -2.17. The third-order valence-electron chi connectivity index (χ3n) is 3.35. The Bertz CT molecular complexity index is 766. The van der Waals surface area contributed by atoms with Crippen LogP contribution in [0.15, 0.2) is 42.5 Å². The molecule has 2 rings (SSSR count). The van der Waals surface area contributed by atoms with Gasteiger partial charge in [0, 0.05) is 11.8 Å². The maximum absolute atomic E-state index is 12.7. The summed E-state index contributed by atoms with van der Waals surface area (Å²) in [4.78, 5) is 24.3. The van der Waals surface area contributed by atoms with Crippen LogP contribution in [0.25, 0.3) is 0 Å². The number of benzene rings is 2. The molecule has 0 aliphatic rings. The molecule has 2 aromatic rings. The standard InChI is InChI=1S/C19H21ClN2O4/c1-3-25-16-11-15(22-18(23)12-20)17(26-4-2)10-14(16)19(24)21-13-8-6-5-7-9-13/h5-11H,3-4,12H2,1-2H3,(H,21,24)(H,22,23). The van der Waals surface area contributed by atoms with Gasteiger partial charge in [0.05, 0.1) is 24.5 Å². The Labute approximate surface area is 157 Å². The SMILES string of the molecule is CCOc1cc(C(=O)Nc2ccccc2)c(OCC)cc1NC(=O)CCl. The van der Waals surface area contributed by atoms with E-state index in [1.165, 1.54) is 0 Å². The summed E-state index contributed by atoms with van der Waals surface area (Å²) in [7, 11) is 0. The van der Waals surface area contributed by atoms with E-state index in [-0.39, 0.29) is 17.7 Å². The van der Waals surface area contributed by atoms with Gasteiger partial charge in [-0.1, -0.05) is 18.2 Å². The molecule has 6 nitrogen and oxygen atoms in total. The molecule has 2 amide bonds. The molecule has 0 aliphatic heterocycles. The first kappa shape index (κ1) is 19.6. The maximum atomic E-state index is 12.7. The average Bonchev–Trinajstić information content (AvgIpc) is 2.64. The molecule has 2 N–H and O–H groups in total. The molecule has 0 aromatic heterocycles. The molecular weight excluding hydrogens is 356 g/mol. The first-order valence-corrected chi connectivity index (χ1v) is 8.78. The number of halogens is 1. The van der Waals surface area contributed by atoms with Crippen molar-refractivity contribution in [3.05, 3.63) is 48.0 Å². The van der Waals surface area contributed by atoms with Crippen LogP contribution in [0.5, 0.6) is 11.5 Å². The van der Waals surface area contributed by atoms with Gasteiger partial charge in [-0.15, -0.1) is 11.6 Å². The van der Waals surface area contributed by atoms with E-state index in [1.54, 1.807) is 24.3 Å². The van der Waals surface area contributed by atoms with Crippen LogP contribution in [0.2, 0.25) is 0 Å². The van der Waals surface area contributed by atoms with Gasteiger partial charge in [0.2, 0.25) is 5.91 Å². The number of anilines is 2. The number of carbonyl (C=O) groups excluding carboxylic acids is 2. The van der Waals surface area contributed by atoms with Crippen LogP contribution in [-0.4, -0.2) is 30.9 Å². The summed E-state index contributed by atoms with van der Waals surface area (Å²) in [5, 5.41) is 5.47. The van der Waals surface area contributed by atoms with Crippen molar-refractivity contribution < 1.29 is 19.1 Å². The molecule has 0 radical (unpaired) electrons. The minimum Gasteiger partial charge on any atom is -0.493 e. The third kappa shape index (κ3) is 5.13. The van der Waals surface area contributed by atoms with Gasteiger partial charge in [-0.25, -0.2) is 0 Å². The fourth-order valence-electron chi connectivity index (χ4n) is 2.29. The van der Waals surface area contributed by atoms with Crippen molar-refractivity contribution in [3.63, 3.8) is 0 Å². The van der Waals surface area contributed by atoms with E-state index in [1.807, 2.05) is 32.0 Å². The Kier molecular flexibility index (Phi) is 7.29. The highest BCUT2D eigenvalue weighted by molar-refractivity contribution is 6.29. The topological polar surface area (TPSA) is 76.7 Å². The normalized spacial score (nSPS) is 10.1. The van der Waals surface area contributed by atoms with Crippen molar-refractivity contribution in [1.29, 1.82) is 0 Å². The second kappa shape index (κ2) is 9.68. The highest BCUT2D eigenvalue weighted by Gasteiger charge is 2.19. The second-order valence-corrected chi connectivity index (χ2v) is 5.48. The highest BCUT2D eigenvalue weighted by Crippen LogP contribution is 2.34. The number of amides is 2. The maximum Gasteiger partial charge on any atom is 0.259 e. The van der Waals surface area contributed by atoms with Crippen molar-refractivity contribution in [2.75, 3.05) is 29.7 Å². The van der Waals surface area contributed by atoms with Gasteiger partial charge in [0.1, 0.15) is 17.4 Å². The molecule has 0 bridgehead atoms. The predicted octanol–water partition coefficient (Wildman–Crippen LogP) is 3.91. The zero-order chi connectivity index (χ0) is 18.9. The van der Waals surface area contributed by atoms with Gasteiger partial charge in [-0.3, -0.25) is 9.59 Å². The van der Waals surface area contributed by atoms with Gasteiger partial charge in [-0.2, -0.15) is 0 Å². The number of para-hydroxylation sites is 1.